The molecule has 1 atom stereocenters. The Kier molecular flexibility index (Phi) is 3.88. The molecule has 1 fully saturated rings. The third-order valence-corrected chi connectivity index (χ3v) is 3.62. The van der Waals surface area contributed by atoms with Gasteiger partial charge in [0.25, 0.3) is 5.91 Å². The van der Waals surface area contributed by atoms with Crippen LogP contribution in [0.2, 0.25) is 0 Å². The Morgan fingerprint density at radius 2 is 2.22 bits per heavy atom. The van der Waals surface area contributed by atoms with Gasteiger partial charge in [-0.25, -0.2) is 4.39 Å². The van der Waals surface area contributed by atoms with Gasteiger partial charge in [0.1, 0.15) is 5.82 Å². The average molecular weight is 271 g/mol. The molecule has 98 valence electrons. The molecule has 1 N–H and O–H groups in total. The maximum atomic E-state index is 13.1. The van der Waals surface area contributed by atoms with Gasteiger partial charge in [-0.3, -0.25) is 4.79 Å². The SMILES string of the molecule is Cl.O=C1c2cc(F)ccc2CN1[C@H]1CCCNC1. The number of halogens is 2. The minimum absolute atomic E-state index is 0. The third kappa shape index (κ3) is 2.22. The van der Waals surface area contributed by atoms with Crippen molar-refractivity contribution in [1.82, 2.24) is 10.2 Å². The number of benzene rings is 1. The third-order valence-electron chi connectivity index (χ3n) is 3.62. The summed E-state index contributed by atoms with van der Waals surface area (Å²) >= 11 is 0. The number of fused-ring (bicyclic) bond motifs is 1. The molecule has 2 heterocycles. The number of hydrogen-bond acceptors (Lipinski definition) is 2. The Balaban J connectivity index is 0.00000120. The second kappa shape index (κ2) is 5.24. The fraction of sp³-hybridized carbons (Fsp3) is 0.462. The van der Waals surface area contributed by atoms with E-state index in [2.05, 4.69) is 5.32 Å². The monoisotopic (exact) mass is 270 g/mol. The summed E-state index contributed by atoms with van der Waals surface area (Å²) in [7, 11) is 0. The van der Waals surface area contributed by atoms with Crippen LogP contribution in [-0.2, 0) is 6.54 Å². The largest absolute Gasteiger partial charge is 0.330 e. The molecular formula is C13H16ClFN2O. The molecule has 0 aromatic heterocycles. The van der Waals surface area contributed by atoms with Crippen LogP contribution in [0.25, 0.3) is 0 Å². The summed E-state index contributed by atoms with van der Waals surface area (Å²) in [6.45, 7) is 2.50. The summed E-state index contributed by atoms with van der Waals surface area (Å²) in [6, 6.07) is 4.76. The fourth-order valence-corrected chi connectivity index (χ4v) is 2.69. The highest BCUT2D eigenvalue weighted by molar-refractivity contribution is 5.98. The van der Waals surface area contributed by atoms with Crippen LogP contribution in [0, 0.1) is 5.82 Å². The van der Waals surface area contributed by atoms with Crippen molar-refractivity contribution in [3.8, 4) is 0 Å². The zero-order valence-corrected chi connectivity index (χ0v) is 10.8. The molecule has 0 bridgehead atoms. The van der Waals surface area contributed by atoms with Crippen molar-refractivity contribution < 1.29 is 9.18 Å². The average Bonchev–Trinajstić information content (AvgIpc) is 2.68. The Hall–Kier alpha value is -1.13. The van der Waals surface area contributed by atoms with E-state index in [1.807, 2.05) is 4.90 Å². The predicted octanol–water partition coefficient (Wildman–Crippen LogP) is 1.96. The van der Waals surface area contributed by atoms with Gasteiger partial charge in [-0.05, 0) is 37.1 Å². The Bertz CT molecular complexity index is 460. The topological polar surface area (TPSA) is 32.3 Å². The van der Waals surface area contributed by atoms with Crippen LogP contribution in [-0.4, -0.2) is 29.9 Å². The van der Waals surface area contributed by atoms with E-state index in [4.69, 9.17) is 0 Å². The van der Waals surface area contributed by atoms with Crippen molar-refractivity contribution in [2.75, 3.05) is 13.1 Å². The lowest BCUT2D eigenvalue weighted by atomic mass is 10.1. The number of rotatable bonds is 1. The Labute approximate surface area is 112 Å². The molecule has 0 spiro atoms. The van der Waals surface area contributed by atoms with Crippen molar-refractivity contribution in [3.63, 3.8) is 0 Å². The highest BCUT2D eigenvalue weighted by Gasteiger charge is 2.33. The number of nitrogens with one attached hydrogen (secondary N) is 1. The summed E-state index contributed by atoms with van der Waals surface area (Å²) in [4.78, 5) is 14.1. The summed E-state index contributed by atoms with van der Waals surface area (Å²) in [6.07, 6.45) is 2.13. The van der Waals surface area contributed by atoms with Gasteiger partial charge in [-0.2, -0.15) is 0 Å². The van der Waals surface area contributed by atoms with Crippen molar-refractivity contribution >= 4 is 18.3 Å². The number of nitrogens with zero attached hydrogens (tertiary/aromatic N) is 1. The number of amides is 1. The van der Waals surface area contributed by atoms with Gasteiger partial charge in [0, 0.05) is 24.7 Å². The molecule has 0 aliphatic carbocycles. The molecule has 3 nitrogen and oxygen atoms in total. The maximum Gasteiger partial charge on any atom is 0.254 e. The first-order valence-electron chi connectivity index (χ1n) is 6.06. The van der Waals surface area contributed by atoms with Crippen molar-refractivity contribution in [1.29, 1.82) is 0 Å². The van der Waals surface area contributed by atoms with E-state index in [1.54, 1.807) is 6.07 Å². The summed E-state index contributed by atoms with van der Waals surface area (Å²) < 4.78 is 13.1. The fourth-order valence-electron chi connectivity index (χ4n) is 2.69. The first-order valence-corrected chi connectivity index (χ1v) is 6.06. The van der Waals surface area contributed by atoms with Gasteiger partial charge in [-0.1, -0.05) is 6.07 Å². The van der Waals surface area contributed by atoms with Crippen LogP contribution in [0.15, 0.2) is 18.2 Å². The van der Waals surface area contributed by atoms with Crippen molar-refractivity contribution in [2.24, 2.45) is 0 Å². The van der Waals surface area contributed by atoms with Gasteiger partial charge in [-0.15, -0.1) is 12.4 Å². The van der Waals surface area contributed by atoms with Crippen LogP contribution in [0.1, 0.15) is 28.8 Å². The molecule has 3 rings (SSSR count). The first kappa shape index (κ1) is 13.3. The second-order valence-electron chi connectivity index (χ2n) is 4.73. The smallest absolute Gasteiger partial charge is 0.254 e. The highest BCUT2D eigenvalue weighted by atomic mass is 35.5. The first-order chi connectivity index (χ1) is 8.25. The molecule has 2 aliphatic heterocycles. The maximum absolute atomic E-state index is 13.1. The van der Waals surface area contributed by atoms with E-state index in [1.165, 1.54) is 12.1 Å². The van der Waals surface area contributed by atoms with E-state index in [-0.39, 0.29) is 30.2 Å². The summed E-state index contributed by atoms with van der Waals surface area (Å²) in [5.41, 5.74) is 1.48. The molecule has 0 saturated carbocycles. The lowest BCUT2D eigenvalue weighted by Crippen LogP contribution is -2.46. The molecule has 18 heavy (non-hydrogen) atoms. The Morgan fingerprint density at radius 3 is 2.94 bits per heavy atom. The van der Waals surface area contributed by atoms with E-state index in [0.29, 0.717) is 12.1 Å². The molecule has 1 aromatic carbocycles. The van der Waals surface area contributed by atoms with Crippen molar-refractivity contribution in [2.45, 2.75) is 25.4 Å². The van der Waals surface area contributed by atoms with E-state index >= 15 is 0 Å². The van der Waals surface area contributed by atoms with Crippen LogP contribution in [0.3, 0.4) is 0 Å². The minimum Gasteiger partial charge on any atom is -0.330 e. The Morgan fingerprint density at radius 1 is 1.39 bits per heavy atom. The van der Waals surface area contributed by atoms with Gasteiger partial charge in [0.15, 0.2) is 0 Å². The summed E-state index contributed by atoms with van der Waals surface area (Å²) in [5.74, 6) is -0.353. The van der Waals surface area contributed by atoms with Crippen LogP contribution in [0.5, 0.6) is 0 Å². The standard InChI is InChI=1S/C13H15FN2O.ClH/c14-10-4-3-9-8-16(13(17)12(9)6-10)11-2-1-5-15-7-11;/h3-4,6,11,15H,1-2,5,7-8H2;1H/t11-;/m0./s1. The predicted molar refractivity (Wildman–Crippen MR) is 69.4 cm³/mol. The zero-order chi connectivity index (χ0) is 11.8. The van der Waals surface area contributed by atoms with E-state index in [0.717, 1.165) is 31.5 Å². The molecular weight excluding hydrogens is 255 g/mol. The zero-order valence-electron chi connectivity index (χ0n) is 9.99. The van der Waals surface area contributed by atoms with Crippen LogP contribution < -0.4 is 5.32 Å². The molecule has 2 aliphatic rings. The molecule has 1 amide bonds. The second-order valence-corrected chi connectivity index (χ2v) is 4.73. The normalized spacial score (nSPS) is 22.6. The highest BCUT2D eigenvalue weighted by Crippen LogP contribution is 2.27. The van der Waals surface area contributed by atoms with Gasteiger partial charge in [0.05, 0.1) is 0 Å². The number of carbonyl (C=O) groups excluding carboxylic acids is 1. The van der Waals surface area contributed by atoms with E-state index < -0.39 is 0 Å². The lowest BCUT2D eigenvalue weighted by Gasteiger charge is -2.31. The van der Waals surface area contributed by atoms with Gasteiger partial charge < -0.3 is 10.2 Å². The van der Waals surface area contributed by atoms with Gasteiger partial charge in [0.2, 0.25) is 0 Å². The number of hydrogen-bond donors (Lipinski definition) is 1. The lowest BCUT2D eigenvalue weighted by molar-refractivity contribution is 0.0674. The number of piperidine rings is 1. The van der Waals surface area contributed by atoms with E-state index in [9.17, 15) is 9.18 Å². The van der Waals surface area contributed by atoms with Crippen LogP contribution >= 0.6 is 12.4 Å². The number of carbonyl (C=O) groups is 1. The quantitative estimate of drug-likeness (QED) is 0.846. The summed E-state index contributed by atoms with van der Waals surface area (Å²) in [5, 5.41) is 3.30. The molecule has 0 unspecified atom stereocenters. The molecule has 0 radical (unpaired) electrons. The van der Waals surface area contributed by atoms with Crippen molar-refractivity contribution in [3.05, 3.63) is 35.1 Å². The van der Waals surface area contributed by atoms with Gasteiger partial charge >= 0.3 is 0 Å². The minimum atomic E-state index is -0.333. The molecule has 1 saturated heterocycles. The molecule has 5 heteroatoms. The molecule has 1 aromatic rings. The van der Waals surface area contributed by atoms with Crippen LogP contribution in [0.4, 0.5) is 4.39 Å².